The number of pyridine rings is 1. The molecule has 2 heterocycles. The molecule has 0 radical (unpaired) electrons. The molecule has 0 aliphatic carbocycles. The van der Waals surface area contributed by atoms with Crippen molar-refractivity contribution in [3.05, 3.63) is 70.0 Å². The van der Waals surface area contributed by atoms with Crippen LogP contribution in [0.5, 0.6) is 5.75 Å². The van der Waals surface area contributed by atoms with Crippen molar-refractivity contribution >= 4 is 28.4 Å². The van der Waals surface area contributed by atoms with Crippen LogP contribution in [0.25, 0.3) is 10.9 Å². The second kappa shape index (κ2) is 9.65. The second-order valence-corrected chi connectivity index (χ2v) is 7.75. The highest BCUT2D eigenvalue weighted by molar-refractivity contribution is 6.01. The van der Waals surface area contributed by atoms with Crippen LogP contribution in [-0.4, -0.2) is 42.7 Å². The second-order valence-electron chi connectivity index (χ2n) is 7.75. The zero-order valence-electron chi connectivity index (χ0n) is 17.8. The monoisotopic (exact) mass is 435 g/mol. The number of anilines is 1. The van der Waals surface area contributed by atoms with Crippen LogP contribution in [0.2, 0.25) is 0 Å². The van der Waals surface area contributed by atoms with Gasteiger partial charge >= 0.3 is 0 Å². The van der Waals surface area contributed by atoms with Crippen molar-refractivity contribution < 1.29 is 19.1 Å². The molecule has 3 aromatic rings. The molecule has 1 fully saturated rings. The third kappa shape index (κ3) is 4.97. The van der Waals surface area contributed by atoms with Gasteiger partial charge in [0.2, 0.25) is 11.3 Å². The van der Waals surface area contributed by atoms with E-state index in [9.17, 15) is 14.4 Å². The third-order valence-electron chi connectivity index (χ3n) is 5.30. The van der Waals surface area contributed by atoms with Gasteiger partial charge in [0.05, 0.1) is 18.3 Å². The van der Waals surface area contributed by atoms with E-state index in [1.807, 2.05) is 19.1 Å². The Morgan fingerprint density at radius 2 is 2.06 bits per heavy atom. The number of aromatic nitrogens is 1. The average Bonchev–Trinajstić information content (AvgIpc) is 3.32. The van der Waals surface area contributed by atoms with Crippen LogP contribution in [0, 0.1) is 6.92 Å². The van der Waals surface area contributed by atoms with E-state index in [1.54, 1.807) is 30.3 Å². The van der Waals surface area contributed by atoms with Gasteiger partial charge in [-0.05, 0) is 49.6 Å². The lowest BCUT2D eigenvalue weighted by atomic mass is 10.1. The first-order valence-electron chi connectivity index (χ1n) is 10.5. The van der Waals surface area contributed by atoms with Crippen LogP contribution in [0.15, 0.2) is 53.5 Å². The lowest BCUT2D eigenvalue weighted by molar-refractivity contribution is -0.115. The molecule has 0 spiro atoms. The maximum absolute atomic E-state index is 12.6. The first-order valence-corrected chi connectivity index (χ1v) is 10.5. The third-order valence-corrected chi connectivity index (χ3v) is 5.30. The number of aryl methyl sites for hydroxylation is 1. The van der Waals surface area contributed by atoms with Gasteiger partial charge in [-0.25, -0.2) is 0 Å². The summed E-state index contributed by atoms with van der Waals surface area (Å²) in [6.45, 7) is 2.80. The number of carbonyl (C=O) groups excluding carboxylic acids is 2. The van der Waals surface area contributed by atoms with E-state index in [0.29, 0.717) is 28.9 Å². The van der Waals surface area contributed by atoms with Crippen molar-refractivity contribution in [1.82, 2.24) is 10.3 Å². The van der Waals surface area contributed by atoms with E-state index in [0.717, 1.165) is 25.0 Å². The minimum Gasteiger partial charge on any atom is -0.489 e. The van der Waals surface area contributed by atoms with Crippen LogP contribution < -0.4 is 20.8 Å². The van der Waals surface area contributed by atoms with Crippen LogP contribution >= 0.6 is 0 Å². The molecule has 2 aromatic carbocycles. The van der Waals surface area contributed by atoms with Gasteiger partial charge in [0.15, 0.2) is 0 Å². The maximum atomic E-state index is 12.6. The van der Waals surface area contributed by atoms with Crippen LogP contribution in [0.1, 0.15) is 28.8 Å². The van der Waals surface area contributed by atoms with E-state index in [-0.39, 0.29) is 23.6 Å². The number of aromatic amines is 1. The van der Waals surface area contributed by atoms with E-state index in [1.165, 1.54) is 6.20 Å². The Bertz CT molecular complexity index is 1200. The average molecular weight is 435 g/mol. The molecule has 0 saturated carbocycles. The lowest BCUT2D eigenvalue weighted by Crippen LogP contribution is -2.35. The number of fused-ring (bicyclic) bond motifs is 1. The fraction of sp³-hybridized carbons (Fsp3) is 0.292. The van der Waals surface area contributed by atoms with E-state index in [4.69, 9.17) is 9.47 Å². The predicted octanol–water partition coefficient (Wildman–Crippen LogP) is 2.76. The Kier molecular flexibility index (Phi) is 6.51. The summed E-state index contributed by atoms with van der Waals surface area (Å²) in [6, 6.07) is 12.4. The Balaban J connectivity index is 1.38. The standard InChI is InChI=1S/C24H25N3O5/c1-15-8-9-20(21(11-15)32-14-16-5-4-10-31-16)27-22(28)13-26-24(30)18-12-25-19-7-3-2-6-17(19)23(18)29/h2-3,6-9,11-12,16H,4-5,10,13-14H2,1H3,(H,25,29)(H,26,30)(H,27,28). The Labute approximate surface area is 184 Å². The van der Waals surface area contributed by atoms with Crippen molar-refractivity contribution in [3.63, 3.8) is 0 Å². The summed E-state index contributed by atoms with van der Waals surface area (Å²) in [5, 5.41) is 5.67. The van der Waals surface area contributed by atoms with Gasteiger partial charge in [-0.15, -0.1) is 0 Å². The SMILES string of the molecule is Cc1ccc(NC(=O)CNC(=O)c2c[nH]c3ccccc3c2=O)c(OCC2CCCO2)c1. The van der Waals surface area contributed by atoms with Gasteiger partial charge < -0.3 is 25.1 Å². The molecule has 0 bridgehead atoms. The summed E-state index contributed by atoms with van der Waals surface area (Å²) in [5.41, 5.74) is 1.71. The number of para-hydroxylation sites is 1. The summed E-state index contributed by atoms with van der Waals surface area (Å²) >= 11 is 0. The highest BCUT2D eigenvalue weighted by atomic mass is 16.5. The van der Waals surface area contributed by atoms with Crippen LogP contribution in [0.4, 0.5) is 5.69 Å². The van der Waals surface area contributed by atoms with Crippen molar-refractivity contribution in [3.8, 4) is 5.75 Å². The van der Waals surface area contributed by atoms with Crippen LogP contribution in [0.3, 0.4) is 0 Å². The van der Waals surface area contributed by atoms with Crippen molar-refractivity contribution in [1.29, 1.82) is 0 Å². The Morgan fingerprint density at radius 1 is 1.22 bits per heavy atom. The van der Waals surface area contributed by atoms with Gasteiger partial charge in [-0.1, -0.05) is 18.2 Å². The van der Waals surface area contributed by atoms with E-state index in [2.05, 4.69) is 15.6 Å². The topological polar surface area (TPSA) is 110 Å². The first-order chi connectivity index (χ1) is 15.5. The molecule has 1 aromatic heterocycles. The molecule has 1 atom stereocenters. The smallest absolute Gasteiger partial charge is 0.257 e. The number of carbonyl (C=O) groups is 2. The van der Waals surface area contributed by atoms with Gasteiger partial charge in [-0.3, -0.25) is 14.4 Å². The number of hydrogen-bond donors (Lipinski definition) is 3. The summed E-state index contributed by atoms with van der Waals surface area (Å²) in [4.78, 5) is 40.4. The molecule has 2 amide bonds. The molecule has 166 valence electrons. The summed E-state index contributed by atoms with van der Waals surface area (Å²) < 4.78 is 11.5. The number of benzene rings is 2. The highest BCUT2D eigenvalue weighted by Gasteiger charge is 2.18. The summed E-state index contributed by atoms with van der Waals surface area (Å²) in [7, 11) is 0. The zero-order chi connectivity index (χ0) is 22.5. The molecule has 8 nitrogen and oxygen atoms in total. The van der Waals surface area contributed by atoms with Gasteiger partial charge in [0.25, 0.3) is 5.91 Å². The molecule has 8 heteroatoms. The van der Waals surface area contributed by atoms with E-state index >= 15 is 0 Å². The number of amides is 2. The zero-order valence-corrected chi connectivity index (χ0v) is 17.8. The highest BCUT2D eigenvalue weighted by Crippen LogP contribution is 2.27. The normalized spacial score (nSPS) is 15.5. The van der Waals surface area contributed by atoms with Gasteiger partial charge in [0, 0.05) is 23.7 Å². The van der Waals surface area contributed by atoms with Gasteiger partial charge in [-0.2, -0.15) is 0 Å². The molecule has 3 N–H and O–H groups in total. The molecular weight excluding hydrogens is 410 g/mol. The Hall–Kier alpha value is -3.65. The van der Waals surface area contributed by atoms with E-state index < -0.39 is 11.8 Å². The largest absolute Gasteiger partial charge is 0.489 e. The van der Waals surface area contributed by atoms with Gasteiger partial charge in [0.1, 0.15) is 17.9 Å². The fourth-order valence-corrected chi connectivity index (χ4v) is 3.60. The Morgan fingerprint density at radius 3 is 2.88 bits per heavy atom. The molecule has 1 saturated heterocycles. The number of H-pyrrole nitrogens is 1. The van der Waals surface area contributed by atoms with Crippen molar-refractivity contribution in [2.24, 2.45) is 0 Å². The first kappa shape index (κ1) is 21.6. The fourth-order valence-electron chi connectivity index (χ4n) is 3.60. The minimum atomic E-state index is -0.620. The molecule has 32 heavy (non-hydrogen) atoms. The quantitative estimate of drug-likeness (QED) is 0.529. The predicted molar refractivity (Wildman–Crippen MR) is 121 cm³/mol. The van der Waals surface area contributed by atoms with Crippen molar-refractivity contribution in [2.45, 2.75) is 25.9 Å². The maximum Gasteiger partial charge on any atom is 0.257 e. The molecule has 1 aliphatic rings. The number of nitrogens with one attached hydrogen (secondary N) is 3. The molecule has 1 unspecified atom stereocenters. The number of ether oxygens (including phenoxy) is 2. The van der Waals surface area contributed by atoms with Crippen LogP contribution in [-0.2, 0) is 9.53 Å². The molecule has 1 aliphatic heterocycles. The minimum absolute atomic E-state index is 0.0487. The van der Waals surface area contributed by atoms with Crippen molar-refractivity contribution in [2.75, 3.05) is 25.1 Å². The molecule has 4 rings (SSSR count). The summed E-state index contributed by atoms with van der Waals surface area (Å²) in [6.07, 6.45) is 3.38. The number of hydrogen-bond acceptors (Lipinski definition) is 5. The lowest BCUT2D eigenvalue weighted by Gasteiger charge is -2.16. The molecular formula is C24H25N3O5. The summed E-state index contributed by atoms with van der Waals surface area (Å²) in [5.74, 6) is -0.501. The number of rotatable bonds is 7.